The van der Waals surface area contributed by atoms with E-state index in [9.17, 15) is 22.0 Å². The minimum atomic E-state index is -4.98. The molecule has 0 amide bonds. The Balaban J connectivity index is 1.93. The van der Waals surface area contributed by atoms with Gasteiger partial charge in [-0.3, -0.25) is 0 Å². The van der Waals surface area contributed by atoms with Crippen molar-refractivity contribution in [1.82, 2.24) is 0 Å². The number of fused-ring (bicyclic) bond motifs is 3. The zero-order valence-corrected chi connectivity index (χ0v) is 12.1. The van der Waals surface area contributed by atoms with Crippen molar-refractivity contribution in [2.45, 2.75) is 12.3 Å². The van der Waals surface area contributed by atoms with Gasteiger partial charge < -0.3 is 4.74 Å². The number of rotatable bonds is 2. The number of benzene rings is 2. The summed E-state index contributed by atoms with van der Waals surface area (Å²) >= 11 is 0.789. The molecule has 0 unspecified atom stereocenters. The van der Waals surface area contributed by atoms with Crippen LogP contribution in [0, 0.1) is 11.6 Å². The first kappa shape index (κ1) is 14.4. The van der Waals surface area contributed by atoms with E-state index in [2.05, 4.69) is 4.74 Å². The summed E-state index contributed by atoms with van der Waals surface area (Å²) < 4.78 is 69.5. The van der Waals surface area contributed by atoms with E-state index >= 15 is 0 Å². The zero-order valence-electron chi connectivity index (χ0n) is 11.2. The van der Waals surface area contributed by atoms with Crippen LogP contribution in [0.4, 0.5) is 22.0 Å². The monoisotopic (exact) mass is 342 g/mol. The third-order valence-electron chi connectivity index (χ3n) is 3.65. The van der Waals surface area contributed by atoms with Crippen molar-refractivity contribution < 1.29 is 26.7 Å². The molecule has 0 aliphatic heterocycles. The van der Waals surface area contributed by atoms with Gasteiger partial charge in [0, 0.05) is 16.7 Å². The summed E-state index contributed by atoms with van der Waals surface area (Å²) in [4.78, 5) is 0. The Morgan fingerprint density at radius 3 is 2.09 bits per heavy atom. The number of hydrogen-bond donors (Lipinski definition) is 0. The molecule has 4 rings (SSSR count). The van der Waals surface area contributed by atoms with Crippen LogP contribution in [0.3, 0.4) is 0 Å². The van der Waals surface area contributed by atoms with Crippen LogP contribution in [0.25, 0.3) is 20.2 Å². The summed E-state index contributed by atoms with van der Waals surface area (Å²) in [5.41, 5.74) is 0.483. The minimum Gasteiger partial charge on any atom is -0.403 e. The first-order valence-electron chi connectivity index (χ1n) is 6.62. The molecule has 2 aromatic carbocycles. The highest BCUT2D eigenvalue weighted by molar-refractivity contribution is 7.25. The SMILES string of the molecule is Fc1c(OC(F)(F)F)ccc2c1sc1c(F)c(C3C=C3)ccc12. The van der Waals surface area contributed by atoms with Crippen molar-refractivity contribution in [3.63, 3.8) is 0 Å². The largest absolute Gasteiger partial charge is 0.573 e. The van der Waals surface area contributed by atoms with Crippen molar-refractivity contribution >= 4 is 31.5 Å². The maximum absolute atomic E-state index is 14.5. The van der Waals surface area contributed by atoms with Crippen LogP contribution in [0.15, 0.2) is 36.4 Å². The van der Waals surface area contributed by atoms with Crippen molar-refractivity contribution in [3.8, 4) is 5.75 Å². The van der Waals surface area contributed by atoms with Gasteiger partial charge in [-0.05, 0) is 17.7 Å². The van der Waals surface area contributed by atoms with Crippen LogP contribution in [-0.4, -0.2) is 6.36 Å². The lowest BCUT2D eigenvalue weighted by Crippen LogP contribution is -2.17. The standard InChI is InChI=1S/C16H7F5OS/c17-12-8(7-1-2-7)3-4-9-10-5-6-11(22-16(19,20)21)13(18)15(10)23-14(9)12/h1-7H. The molecule has 1 nitrogen and oxygen atoms in total. The number of allylic oxidation sites excluding steroid dienone is 2. The van der Waals surface area contributed by atoms with Gasteiger partial charge in [0.2, 0.25) is 0 Å². The molecule has 0 spiro atoms. The van der Waals surface area contributed by atoms with Gasteiger partial charge in [0.25, 0.3) is 0 Å². The summed E-state index contributed by atoms with van der Waals surface area (Å²) in [6.07, 6.45) is -1.33. The van der Waals surface area contributed by atoms with E-state index in [-0.39, 0.29) is 15.3 Å². The van der Waals surface area contributed by atoms with E-state index in [1.807, 2.05) is 12.2 Å². The van der Waals surface area contributed by atoms with Crippen LogP contribution in [0.1, 0.15) is 11.5 Å². The molecule has 23 heavy (non-hydrogen) atoms. The predicted molar refractivity (Wildman–Crippen MR) is 77.8 cm³/mol. The van der Waals surface area contributed by atoms with E-state index in [1.54, 1.807) is 12.1 Å². The molecule has 3 aromatic rings. The molecule has 0 saturated heterocycles. The molecule has 1 heterocycles. The van der Waals surface area contributed by atoms with Gasteiger partial charge in [0.05, 0.1) is 9.40 Å². The topological polar surface area (TPSA) is 9.23 Å². The Kier molecular flexibility index (Phi) is 2.93. The quantitative estimate of drug-likeness (QED) is 0.417. The lowest BCUT2D eigenvalue weighted by molar-refractivity contribution is -0.275. The number of thiophene rings is 1. The van der Waals surface area contributed by atoms with Gasteiger partial charge in [0.1, 0.15) is 5.82 Å². The number of hydrogen-bond acceptors (Lipinski definition) is 2. The second kappa shape index (κ2) is 4.67. The summed E-state index contributed by atoms with van der Waals surface area (Å²) in [5.74, 6) is -2.57. The summed E-state index contributed by atoms with van der Waals surface area (Å²) in [5, 5.41) is 0.843. The van der Waals surface area contributed by atoms with Crippen LogP contribution in [0.2, 0.25) is 0 Å². The summed E-state index contributed by atoms with van der Waals surface area (Å²) in [7, 11) is 0. The molecule has 118 valence electrons. The first-order chi connectivity index (χ1) is 10.8. The normalized spacial score (nSPS) is 14.8. The molecule has 1 aliphatic carbocycles. The first-order valence-corrected chi connectivity index (χ1v) is 7.44. The van der Waals surface area contributed by atoms with Crippen molar-refractivity contribution in [3.05, 3.63) is 53.6 Å². The smallest absolute Gasteiger partial charge is 0.403 e. The second-order valence-electron chi connectivity index (χ2n) is 5.16. The Bertz CT molecular complexity index is 964. The lowest BCUT2D eigenvalue weighted by Gasteiger charge is -2.09. The maximum Gasteiger partial charge on any atom is 0.573 e. The van der Waals surface area contributed by atoms with E-state index in [0.29, 0.717) is 16.3 Å². The van der Waals surface area contributed by atoms with Gasteiger partial charge in [-0.2, -0.15) is 0 Å². The molecule has 1 aromatic heterocycles. The molecule has 7 heteroatoms. The molecule has 0 atom stereocenters. The Hall–Kier alpha value is -2.15. The molecule has 0 saturated carbocycles. The lowest BCUT2D eigenvalue weighted by atomic mass is 10.1. The predicted octanol–water partition coefficient (Wildman–Crippen LogP) is 5.88. The van der Waals surface area contributed by atoms with Gasteiger partial charge in [-0.15, -0.1) is 24.5 Å². The highest BCUT2D eigenvalue weighted by atomic mass is 32.1. The molecule has 0 radical (unpaired) electrons. The van der Waals surface area contributed by atoms with Gasteiger partial charge >= 0.3 is 6.36 Å². The third-order valence-corrected chi connectivity index (χ3v) is 4.86. The fourth-order valence-corrected chi connectivity index (χ4v) is 3.74. The van der Waals surface area contributed by atoms with Gasteiger partial charge in [0.15, 0.2) is 11.6 Å². The Morgan fingerprint density at radius 1 is 0.870 bits per heavy atom. The number of ether oxygens (including phenoxy) is 1. The van der Waals surface area contributed by atoms with Crippen molar-refractivity contribution in [2.75, 3.05) is 0 Å². The van der Waals surface area contributed by atoms with Crippen LogP contribution in [-0.2, 0) is 0 Å². The number of alkyl halides is 3. The summed E-state index contributed by atoms with van der Waals surface area (Å²) in [6.45, 7) is 0. The Morgan fingerprint density at radius 2 is 1.48 bits per heavy atom. The van der Waals surface area contributed by atoms with Gasteiger partial charge in [-0.1, -0.05) is 24.3 Å². The average Bonchev–Trinajstić information content (AvgIpc) is 3.22. The van der Waals surface area contributed by atoms with Crippen LogP contribution < -0.4 is 4.74 Å². The van der Waals surface area contributed by atoms with Crippen molar-refractivity contribution in [1.29, 1.82) is 0 Å². The maximum atomic E-state index is 14.5. The molecular weight excluding hydrogens is 335 g/mol. The average molecular weight is 342 g/mol. The minimum absolute atomic E-state index is 0.0541. The van der Waals surface area contributed by atoms with Gasteiger partial charge in [-0.25, -0.2) is 8.78 Å². The molecule has 0 bridgehead atoms. The van der Waals surface area contributed by atoms with E-state index in [0.717, 1.165) is 17.4 Å². The molecule has 0 fully saturated rings. The highest BCUT2D eigenvalue weighted by Gasteiger charge is 2.33. The van der Waals surface area contributed by atoms with Crippen LogP contribution in [0.5, 0.6) is 5.75 Å². The third kappa shape index (κ3) is 2.35. The van der Waals surface area contributed by atoms with E-state index < -0.39 is 23.7 Å². The fourth-order valence-electron chi connectivity index (χ4n) is 2.56. The molecule has 1 aliphatic rings. The molecular formula is C16H7F5OS. The number of halogens is 5. The van der Waals surface area contributed by atoms with Crippen molar-refractivity contribution in [2.24, 2.45) is 0 Å². The zero-order chi connectivity index (χ0) is 16.4. The van der Waals surface area contributed by atoms with E-state index in [4.69, 9.17) is 0 Å². The highest BCUT2D eigenvalue weighted by Crippen LogP contribution is 2.43. The fraction of sp³-hybridized carbons (Fsp3) is 0.125. The molecule has 0 N–H and O–H groups in total. The summed E-state index contributed by atoms with van der Waals surface area (Å²) in [6, 6.07) is 5.50. The second-order valence-corrected chi connectivity index (χ2v) is 6.18. The van der Waals surface area contributed by atoms with E-state index in [1.165, 1.54) is 6.07 Å². The van der Waals surface area contributed by atoms with Crippen LogP contribution >= 0.6 is 11.3 Å². The Labute approximate surface area is 130 Å².